The molecular formula is C11H21N5. The summed E-state index contributed by atoms with van der Waals surface area (Å²) in [5, 5.41) is 11.4. The predicted octanol–water partition coefficient (Wildman–Crippen LogP) is 0.545. The van der Waals surface area contributed by atoms with Gasteiger partial charge in [0.05, 0.1) is 0 Å². The summed E-state index contributed by atoms with van der Waals surface area (Å²) in [6.07, 6.45) is 1.72. The molecule has 1 saturated heterocycles. The zero-order valence-electron chi connectivity index (χ0n) is 10.3. The summed E-state index contributed by atoms with van der Waals surface area (Å²) >= 11 is 0. The second-order valence-electron chi connectivity index (χ2n) is 4.28. The second kappa shape index (κ2) is 5.65. The minimum atomic E-state index is 0.442. The van der Waals surface area contributed by atoms with Crippen LogP contribution in [-0.2, 0) is 0 Å². The van der Waals surface area contributed by atoms with E-state index in [1.165, 1.54) is 0 Å². The van der Waals surface area contributed by atoms with Crippen LogP contribution in [0.5, 0.6) is 0 Å². The van der Waals surface area contributed by atoms with Crippen LogP contribution in [0.3, 0.4) is 0 Å². The van der Waals surface area contributed by atoms with Gasteiger partial charge in [-0.05, 0) is 26.8 Å². The number of hydrogen-bond donors (Lipinski definition) is 2. The highest BCUT2D eigenvalue weighted by Crippen LogP contribution is 2.06. The van der Waals surface area contributed by atoms with Gasteiger partial charge in [0.2, 0.25) is 0 Å². The van der Waals surface area contributed by atoms with Crippen molar-refractivity contribution in [3.8, 4) is 0 Å². The minimum Gasteiger partial charge on any atom is -0.386 e. The van der Waals surface area contributed by atoms with Crippen molar-refractivity contribution < 1.29 is 0 Å². The zero-order chi connectivity index (χ0) is 12.1. The molecule has 0 saturated carbocycles. The Balaban J connectivity index is 2.76. The van der Waals surface area contributed by atoms with Crippen LogP contribution in [-0.4, -0.2) is 41.7 Å². The first-order valence-electron chi connectivity index (χ1n) is 5.54. The predicted molar refractivity (Wildman–Crippen MR) is 68.6 cm³/mol. The van der Waals surface area contributed by atoms with E-state index in [0.29, 0.717) is 17.9 Å². The maximum absolute atomic E-state index is 5.46. The Morgan fingerprint density at radius 1 is 1.38 bits per heavy atom. The van der Waals surface area contributed by atoms with E-state index in [1.54, 1.807) is 13.0 Å². The summed E-state index contributed by atoms with van der Waals surface area (Å²) in [5.41, 5.74) is 5.46. The number of amidine groups is 2. The van der Waals surface area contributed by atoms with Crippen molar-refractivity contribution in [1.29, 1.82) is 0 Å². The van der Waals surface area contributed by atoms with Crippen molar-refractivity contribution in [3.63, 3.8) is 0 Å². The maximum atomic E-state index is 5.46. The van der Waals surface area contributed by atoms with Gasteiger partial charge < -0.3 is 16.0 Å². The SMILES string of the molecule is C=C/C(=N\N=C(C)N)N1C[C@@H](C)N[C@@H](C)C1. The molecule has 0 aromatic rings. The van der Waals surface area contributed by atoms with Gasteiger partial charge in [-0.3, -0.25) is 0 Å². The molecule has 1 rings (SSSR count). The van der Waals surface area contributed by atoms with Crippen LogP contribution in [0.4, 0.5) is 0 Å². The van der Waals surface area contributed by atoms with Crippen LogP contribution in [0, 0.1) is 0 Å². The molecule has 16 heavy (non-hydrogen) atoms. The average molecular weight is 223 g/mol. The van der Waals surface area contributed by atoms with E-state index in [2.05, 4.69) is 40.8 Å². The molecule has 1 heterocycles. The third-order valence-corrected chi connectivity index (χ3v) is 2.37. The quantitative estimate of drug-likeness (QED) is 0.408. The first kappa shape index (κ1) is 12.7. The Bertz CT molecular complexity index is 293. The molecular weight excluding hydrogens is 202 g/mol. The molecule has 0 unspecified atom stereocenters. The van der Waals surface area contributed by atoms with Gasteiger partial charge in [-0.15, -0.1) is 10.2 Å². The molecule has 0 bridgehead atoms. The van der Waals surface area contributed by atoms with E-state index in [1.807, 2.05) is 0 Å². The molecule has 0 amide bonds. The third-order valence-electron chi connectivity index (χ3n) is 2.37. The standard InChI is InChI=1S/C11H21N5/c1-5-11(15-14-10(4)12)16-6-8(2)13-9(3)7-16/h5,8-9,13H,1,6-7H2,2-4H3,(H2,12,14)/b15-11+/t8-,9+. The van der Waals surface area contributed by atoms with Gasteiger partial charge in [0, 0.05) is 25.2 Å². The highest BCUT2D eigenvalue weighted by Gasteiger charge is 2.22. The van der Waals surface area contributed by atoms with Gasteiger partial charge in [-0.1, -0.05) is 6.58 Å². The number of rotatable bonds is 2. The Hall–Kier alpha value is -1.36. The Morgan fingerprint density at radius 2 is 1.94 bits per heavy atom. The summed E-state index contributed by atoms with van der Waals surface area (Å²) in [6, 6.07) is 0.883. The number of nitrogens with zero attached hydrogens (tertiary/aromatic N) is 3. The van der Waals surface area contributed by atoms with E-state index in [0.717, 1.165) is 18.9 Å². The molecule has 0 aromatic carbocycles. The lowest BCUT2D eigenvalue weighted by Crippen LogP contribution is -2.55. The summed E-state index contributed by atoms with van der Waals surface area (Å²) in [6.45, 7) is 11.6. The zero-order valence-corrected chi connectivity index (χ0v) is 10.3. The summed E-state index contributed by atoms with van der Waals surface area (Å²) < 4.78 is 0. The number of piperazine rings is 1. The van der Waals surface area contributed by atoms with Crippen molar-refractivity contribution in [2.45, 2.75) is 32.9 Å². The van der Waals surface area contributed by atoms with Crippen molar-refractivity contribution >= 4 is 11.7 Å². The minimum absolute atomic E-state index is 0.442. The van der Waals surface area contributed by atoms with Crippen LogP contribution in [0.1, 0.15) is 20.8 Å². The third kappa shape index (κ3) is 3.66. The van der Waals surface area contributed by atoms with Crippen molar-refractivity contribution in [1.82, 2.24) is 10.2 Å². The van der Waals surface area contributed by atoms with Crippen LogP contribution < -0.4 is 11.1 Å². The van der Waals surface area contributed by atoms with E-state index < -0.39 is 0 Å². The Morgan fingerprint density at radius 3 is 2.38 bits per heavy atom. The average Bonchev–Trinajstić information content (AvgIpc) is 2.16. The molecule has 5 heteroatoms. The fourth-order valence-electron chi connectivity index (χ4n) is 1.88. The Kier molecular flexibility index (Phi) is 4.49. The molecule has 2 atom stereocenters. The fraction of sp³-hybridized carbons (Fsp3) is 0.636. The molecule has 0 aliphatic carbocycles. The van der Waals surface area contributed by atoms with Gasteiger partial charge in [-0.2, -0.15) is 0 Å². The van der Waals surface area contributed by atoms with Crippen molar-refractivity contribution in [2.75, 3.05) is 13.1 Å². The molecule has 3 N–H and O–H groups in total. The lowest BCUT2D eigenvalue weighted by Gasteiger charge is -2.36. The van der Waals surface area contributed by atoms with Crippen molar-refractivity contribution in [2.24, 2.45) is 15.9 Å². The molecule has 90 valence electrons. The number of nitrogens with two attached hydrogens (primary N) is 1. The van der Waals surface area contributed by atoms with Gasteiger partial charge >= 0.3 is 0 Å². The topological polar surface area (TPSA) is 66.0 Å². The first-order chi connectivity index (χ1) is 7.52. The maximum Gasteiger partial charge on any atom is 0.150 e. The molecule has 5 nitrogen and oxygen atoms in total. The van der Waals surface area contributed by atoms with Crippen LogP contribution >= 0.6 is 0 Å². The van der Waals surface area contributed by atoms with Gasteiger partial charge in [-0.25, -0.2) is 0 Å². The number of nitrogens with one attached hydrogen (secondary N) is 1. The smallest absolute Gasteiger partial charge is 0.150 e. The highest BCUT2D eigenvalue weighted by atomic mass is 15.3. The summed E-state index contributed by atoms with van der Waals surface area (Å²) in [5.74, 6) is 1.24. The van der Waals surface area contributed by atoms with Crippen LogP contribution in [0.25, 0.3) is 0 Å². The summed E-state index contributed by atoms with van der Waals surface area (Å²) in [7, 11) is 0. The molecule has 0 radical (unpaired) electrons. The largest absolute Gasteiger partial charge is 0.386 e. The molecule has 1 fully saturated rings. The van der Waals surface area contributed by atoms with E-state index in [4.69, 9.17) is 5.73 Å². The molecule has 0 aromatic heterocycles. The second-order valence-corrected chi connectivity index (χ2v) is 4.28. The Labute approximate surface area is 97.1 Å². The van der Waals surface area contributed by atoms with E-state index >= 15 is 0 Å². The first-order valence-corrected chi connectivity index (χ1v) is 5.54. The molecule has 0 spiro atoms. The van der Waals surface area contributed by atoms with Crippen LogP contribution in [0.2, 0.25) is 0 Å². The normalized spacial score (nSPS) is 28.1. The lowest BCUT2D eigenvalue weighted by atomic mass is 10.1. The van der Waals surface area contributed by atoms with E-state index in [-0.39, 0.29) is 0 Å². The molecule has 1 aliphatic heterocycles. The van der Waals surface area contributed by atoms with Gasteiger partial charge in [0.25, 0.3) is 0 Å². The molecule has 1 aliphatic rings. The van der Waals surface area contributed by atoms with Crippen molar-refractivity contribution in [3.05, 3.63) is 12.7 Å². The lowest BCUT2D eigenvalue weighted by molar-refractivity contribution is 0.255. The number of hydrogen-bond acceptors (Lipinski definition) is 3. The highest BCUT2D eigenvalue weighted by molar-refractivity contribution is 5.93. The fourth-order valence-corrected chi connectivity index (χ4v) is 1.88. The monoisotopic (exact) mass is 223 g/mol. The van der Waals surface area contributed by atoms with Gasteiger partial charge in [0.1, 0.15) is 5.84 Å². The van der Waals surface area contributed by atoms with E-state index in [9.17, 15) is 0 Å². The summed E-state index contributed by atoms with van der Waals surface area (Å²) in [4.78, 5) is 2.17. The van der Waals surface area contributed by atoms with Gasteiger partial charge in [0.15, 0.2) is 5.84 Å². The van der Waals surface area contributed by atoms with Crippen LogP contribution in [0.15, 0.2) is 22.9 Å².